The minimum Gasteiger partial charge on any atom is -0.297 e. The zero-order valence-corrected chi connectivity index (χ0v) is 10.8. The SMILES string of the molecule is C=CC(OS(=O)(=O)c1ccc([N+](=O)[O-])cc1)C(C)=O. The minimum absolute atomic E-state index is 0.245. The van der Waals surface area contributed by atoms with Crippen LogP contribution in [-0.4, -0.2) is 25.2 Å². The van der Waals surface area contributed by atoms with Crippen molar-refractivity contribution in [1.82, 2.24) is 0 Å². The fourth-order valence-electron chi connectivity index (χ4n) is 1.20. The molecule has 0 amide bonds. The molecule has 1 aromatic rings. The summed E-state index contributed by atoms with van der Waals surface area (Å²) in [6.07, 6.45) is -0.217. The first-order chi connectivity index (χ1) is 8.77. The van der Waals surface area contributed by atoms with Crippen LogP contribution in [0.1, 0.15) is 6.92 Å². The van der Waals surface area contributed by atoms with Gasteiger partial charge in [-0.05, 0) is 19.1 Å². The normalized spacial score (nSPS) is 12.7. The highest BCUT2D eigenvalue weighted by atomic mass is 32.2. The molecule has 1 unspecified atom stereocenters. The number of nitrogens with zero attached hydrogens (tertiary/aromatic N) is 1. The molecular formula is C11H11NO6S. The van der Waals surface area contributed by atoms with E-state index in [0.29, 0.717) is 0 Å². The molecule has 0 heterocycles. The van der Waals surface area contributed by atoms with Crippen molar-refractivity contribution in [3.05, 3.63) is 47.0 Å². The van der Waals surface area contributed by atoms with Gasteiger partial charge in [-0.1, -0.05) is 6.08 Å². The van der Waals surface area contributed by atoms with Crippen molar-refractivity contribution in [2.45, 2.75) is 17.9 Å². The molecule has 0 N–H and O–H groups in total. The molecule has 0 saturated heterocycles. The molecule has 1 aromatic carbocycles. The number of non-ortho nitro benzene ring substituents is 1. The number of hydrogen-bond acceptors (Lipinski definition) is 6. The van der Waals surface area contributed by atoms with Gasteiger partial charge in [-0.3, -0.25) is 19.1 Å². The van der Waals surface area contributed by atoms with E-state index in [1.807, 2.05) is 0 Å². The first kappa shape index (κ1) is 15.0. The third-order valence-corrected chi connectivity index (χ3v) is 3.49. The Morgan fingerprint density at radius 1 is 1.42 bits per heavy atom. The molecule has 0 fully saturated rings. The summed E-state index contributed by atoms with van der Waals surface area (Å²) in [4.78, 5) is 20.6. The number of benzene rings is 1. The van der Waals surface area contributed by atoms with Crippen LogP contribution >= 0.6 is 0 Å². The van der Waals surface area contributed by atoms with E-state index >= 15 is 0 Å². The summed E-state index contributed by atoms with van der Waals surface area (Å²) in [5, 5.41) is 10.4. The zero-order chi connectivity index (χ0) is 14.6. The molecule has 7 nitrogen and oxygen atoms in total. The smallest absolute Gasteiger partial charge is 0.297 e. The van der Waals surface area contributed by atoms with E-state index in [4.69, 9.17) is 0 Å². The molecule has 102 valence electrons. The van der Waals surface area contributed by atoms with Gasteiger partial charge in [0.1, 0.15) is 0 Å². The van der Waals surface area contributed by atoms with E-state index < -0.39 is 26.9 Å². The van der Waals surface area contributed by atoms with Crippen LogP contribution in [0.4, 0.5) is 5.69 Å². The van der Waals surface area contributed by atoms with Gasteiger partial charge < -0.3 is 0 Å². The monoisotopic (exact) mass is 285 g/mol. The Morgan fingerprint density at radius 2 is 1.95 bits per heavy atom. The highest BCUT2D eigenvalue weighted by Gasteiger charge is 2.23. The lowest BCUT2D eigenvalue weighted by molar-refractivity contribution is -0.384. The van der Waals surface area contributed by atoms with Gasteiger partial charge in [0, 0.05) is 12.1 Å². The minimum atomic E-state index is -4.17. The van der Waals surface area contributed by atoms with Crippen molar-refractivity contribution >= 4 is 21.6 Å². The van der Waals surface area contributed by atoms with Crippen molar-refractivity contribution in [2.75, 3.05) is 0 Å². The van der Waals surface area contributed by atoms with Crippen LogP contribution in [0.15, 0.2) is 41.8 Å². The van der Waals surface area contributed by atoms with Crippen LogP contribution in [-0.2, 0) is 19.1 Å². The van der Waals surface area contributed by atoms with Crippen LogP contribution in [0.5, 0.6) is 0 Å². The summed E-state index contributed by atoms with van der Waals surface area (Å²) < 4.78 is 28.3. The van der Waals surface area contributed by atoms with Crippen molar-refractivity contribution in [2.24, 2.45) is 0 Å². The molecule has 19 heavy (non-hydrogen) atoms. The maximum Gasteiger partial charge on any atom is 0.297 e. The largest absolute Gasteiger partial charge is 0.297 e. The average Bonchev–Trinajstić information content (AvgIpc) is 2.35. The molecule has 1 rings (SSSR count). The van der Waals surface area contributed by atoms with Gasteiger partial charge in [0.05, 0.1) is 9.82 Å². The van der Waals surface area contributed by atoms with Gasteiger partial charge in [-0.15, -0.1) is 6.58 Å². The molecule has 0 aromatic heterocycles. The number of nitro groups is 1. The summed E-state index contributed by atoms with van der Waals surface area (Å²) >= 11 is 0. The quantitative estimate of drug-likeness (QED) is 0.339. The number of ketones is 1. The zero-order valence-electron chi connectivity index (χ0n) is 9.98. The Labute approximate surface area is 109 Å². The second-order valence-corrected chi connectivity index (χ2v) is 5.14. The van der Waals surface area contributed by atoms with Crippen LogP contribution in [0, 0.1) is 10.1 Å². The van der Waals surface area contributed by atoms with Crippen LogP contribution in [0.3, 0.4) is 0 Å². The van der Waals surface area contributed by atoms with Crippen molar-refractivity contribution in [3.63, 3.8) is 0 Å². The Bertz CT molecular complexity index is 605. The summed E-state index contributed by atoms with van der Waals surface area (Å²) in [6.45, 7) is 4.46. The molecule has 0 aliphatic carbocycles. The Balaban J connectivity index is 3.03. The second-order valence-electron chi connectivity index (χ2n) is 3.57. The first-order valence-corrected chi connectivity index (χ1v) is 6.49. The molecule has 0 saturated carbocycles. The van der Waals surface area contributed by atoms with E-state index in [-0.39, 0.29) is 10.6 Å². The predicted octanol–water partition coefficient (Wildman–Crippen LogP) is 1.44. The van der Waals surface area contributed by atoms with Crippen molar-refractivity contribution in [1.29, 1.82) is 0 Å². The lowest BCUT2D eigenvalue weighted by Crippen LogP contribution is -2.23. The third kappa shape index (κ3) is 3.70. The lowest BCUT2D eigenvalue weighted by Gasteiger charge is -2.10. The van der Waals surface area contributed by atoms with Crippen molar-refractivity contribution < 1.29 is 22.3 Å². The average molecular weight is 285 g/mol. The van der Waals surface area contributed by atoms with Gasteiger partial charge in [0.25, 0.3) is 15.8 Å². The summed E-state index contributed by atoms with van der Waals surface area (Å²) in [7, 11) is -4.17. The van der Waals surface area contributed by atoms with Crippen LogP contribution in [0.25, 0.3) is 0 Å². The fraction of sp³-hybridized carbons (Fsp3) is 0.182. The summed E-state index contributed by atoms with van der Waals surface area (Å²) in [5.41, 5.74) is -0.245. The van der Waals surface area contributed by atoms with E-state index in [0.717, 1.165) is 37.3 Å². The number of nitro benzene ring substituents is 1. The molecule has 0 radical (unpaired) electrons. The van der Waals surface area contributed by atoms with Crippen molar-refractivity contribution in [3.8, 4) is 0 Å². The van der Waals surface area contributed by atoms with E-state index in [2.05, 4.69) is 10.8 Å². The lowest BCUT2D eigenvalue weighted by atomic mass is 10.3. The molecule has 0 spiro atoms. The van der Waals surface area contributed by atoms with E-state index in [1.54, 1.807) is 0 Å². The molecular weight excluding hydrogens is 274 g/mol. The highest BCUT2D eigenvalue weighted by molar-refractivity contribution is 7.86. The maximum atomic E-state index is 11.8. The predicted molar refractivity (Wildman–Crippen MR) is 66.0 cm³/mol. The maximum absolute atomic E-state index is 11.8. The number of rotatable bonds is 6. The Hall–Kier alpha value is -2.06. The van der Waals surface area contributed by atoms with Gasteiger partial charge in [-0.25, -0.2) is 0 Å². The topological polar surface area (TPSA) is 104 Å². The number of Topliss-reactive ketones (excluding diaryl/α,β-unsaturated/α-hetero) is 1. The highest BCUT2D eigenvalue weighted by Crippen LogP contribution is 2.19. The second kappa shape index (κ2) is 5.72. The van der Waals surface area contributed by atoms with Crippen LogP contribution in [0.2, 0.25) is 0 Å². The molecule has 0 bridgehead atoms. The van der Waals surface area contributed by atoms with E-state index in [1.165, 1.54) is 0 Å². The first-order valence-electron chi connectivity index (χ1n) is 5.08. The Morgan fingerprint density at radius 3 is 2.32 bits per heavy atom. The number of hydrogen-bond donors (Lipinski definition) is 0. The molecule has 1 atom stereocenters. The van der Waals surface area contributed by atoms with E-state index in [9.17, 15) is 23.3 Å². The summed E-state index contributed by atoms with van der Waals surface area (Å²) in [5.74, 6) is -0.513. The van der Waals surface area contributed by atoms with Crippen LogP contribution < -0.4 is 0 Å². The Kier molecular flexibility index (Phi) is 4.52. The number of carbonyl (C=O) groups is 1. The standard InChI is InChI=1S/C11H11NO6S/c1-3-11(8(2)13)18-19(16,17)10-6-4-9(5-7-10)12(14)15/h3-7,11H,1H2,2H3. The molecule has 0 aliphatic heterocycles. The molecule has 0 aliphatic rings. The number of carbonyl (C=O) groups excluding carboxylic acids is 1. The third-order valence-electron chi connectivity index (χ3n) is 2.18. The fourth-order valence-corrected chi connectivity index (χ4v) is 2.27. The van der Waals surface area contributed by atoms with Gasteiger partial charge >= 0.3 is 0 Å². The van der Waals surface area contributed by atoms with Gasteiger partial charge in [-0.2, -0.15) is 8.42 Å². The van der Waals surface area contributed by atoms with Gasteiger partial charge in [0.2, 0.25) is 0 Å². The summed E-state index contributed by atoms with van der Waals surface area (Å²) in [6, 6.07) is 4.14. The molecule has 8 heteroatoms. The van der Waals surface area contributed by atoms with Gasteiger partial charge in [0.15, 0.2) is 11.9 Å².